The molecule has 0 bridgehead atoms. The van der Waals surface area contributed by atoms with Gasteiger partial charge in [-0.25, -0.2) is 4.98 Å². The van der Waals surface area contributed by atoms with Crippen molar-refractivity contribution >= 4 is 28.2 Å². The van der Waals surface area contributed by atoms with E-state index in [1.807, 2.05) is 77.5 Å². The molecule has 6 rings (SSSR count). The molecule has 2 aromatic heterocycles. The minimum absolute atomic E-state index is 0.0783. The third-order valence-electron chi connectivity index (χ3n) is 6.91. The molecule has 0 fully saturated rings. The number of benzene rings is 3. The fourth-order valence-electron chi connectivity index (χ4n) is 5.03. The van der Waals surface area contributed by atoms with Crippen LogP contribution in [0.25, 0.3) is 10.8 Å². The lowest BCUT2D eigenvalue weighted by atomic mass is 9.89. The number of anilines is 1. The summed E-state index contributed by atoms with van der Waals surface area (Å²) in [6.07, 6.45) is 8.55. The number of imidazole rings is 1. The van der Waals surface area contributed by atoms with Gasteiger partial charge in [0.2, 0.25) is 0 Å². The third-order valence-corrected chi connectivity index (χ3v) is 6.91. The number of ether oxygens (including phenoxy) is 1. The number of hydrogen-bond acceptors (Lipinski definition) is 5. The first-order chi connectivity index (χ1) is 18.7. The van der Waals surface area contributed by atoms with Gasteiger partial charge in [-0.3, -0.25) is 14.6 Å². The number of aromatic nitrogens is 3. The molecule has 1 aliphatic rings. The summed E-state index contributed by atoms with van der Waals surface area (Å²) >= 11 is 0. The van der Waals surface area contributed by atoms with E-state index in [0.29, 0.717) is 42.1 Å². The van der Waals surface area contributed by atoms with E-state index in [-0.39, 0.29) is 17.8 Å². The molecule has 0 aliphatic heterocycles. The van der Waals surface area contributed by atoms with Crippen molar-refractivity contribution in [3.05, 3.63) is 120 Å². The highest BCUT2D eigenvalue weighted by atomic mass is 16.5. The lowest BCUT2D eigenvalue weighted by Gasteiger charge is -2.26. The van der Waals surface area contributed by atoms with Crippen LogP contribution in [0.5, 0.6) is 5.75 Å². The number of hydrogen-bond donors (Lipinski definition) is 1. The number of fused-ring (bicyclic) bond motifs is 2. The summed E-state index contributed by atoms with van der Waals surface area (Å²) in [5.74, 6) is 0.250. The van der Waals surface area contributed by atoms with Crippen molar-refractivity contribution < 1.29 is 14.3 Å². The molecule has 1 N–H and O–H groups in total. The zero-order valence-corrected chi connectivity index (χ0v) is 20.7. The van der Waals surface area contributed by atoms with Crippen molar-refractivity contribution in [2.45, 2.75) is 31.9 Å². The zero-order chi connectivity index (χ0) is 25.9. The molecule has 188 valence electrons. The molecule has 1 amide bonds. The third kappa shape index (κ3) is 4.66. The van der Waals surface area contributed by atoms with Gasteiger partial charge in [0.1, 0.15) is 17.5 Å². The van der Waals surface area contributed by atoms with Gasteiger partial charge < -0.3 is 14.6 Å². The van der Waals surface area contributed by atoms with E-state index in [0.717, 1.165) is 28.3 Å². The molecular weight excluding hydrogens is 476 g/mol. The minimum atomic E-state index is -0.353. The van der Waals surface area contributed by atoms with Crippen LogP contribution in [-0.2, 0) is 13.0 Å². The molecule has 2 heterocycles. The van der Waals surface area contributed by atoms with Crippen molar-refractivity contribution in [1.82, 2.24) is 14.5 Å². The summed E-state index contributed by atoms with van der Waals surface area (Å²) in [4.78, 5) is 34.9. The Morgan fingerprint density at radius 1 is 0.974 bits per heavy atom. The fraction of sp³-hybridized carbons (Fsp3) is 0.161. The van der Waals surface area contributed by atoms with Gasteiger partial charge in [0, 0.05) is 36.0 Å². The molecule has 0 unspecified atom stereocenters. The van der Waals surface area contributed by atoms with Crippen molar-refractivity contribution in [1.29, 1.82) is 0 Å². The zero-order valence-electron chi connectivity index (χ0n) is 20.7. The fourth-order valence-corrected chi connectivity index (χ4v) is 5.03. The predicted molar refractivity (Wildman–Crippen MR) is 145 cm³/mol. The van der Waals surface area contributed by atoms with Gasteiger partial charge >= 0.3 is 0 Å². The maximum Gasteiger partial charge on any atom is 0.275 e. The quantitative estimate of drug-likeness (QED) is 0.294. The molecule has 7 heteroatoms. The van der Waals surface area contributed by atoms with Crippen LogP contribution in [0.2, 0.25) is 0 Å². The molecule has 0 saturated carbocycles. The lowest BCUT2D eigenvalue weighted by molar-refractivity contribution is 0.0969. The Kier molecular flexibility index (Phi) is 6.40. The van der Waals surface area contributed by atoms with Crippen molar-refractivity contribution in [2.75, 3.05) is 5.32 Å². The van der Waals surface area contributed by atoms with Gasteiger partial charge in [0.15, 0.2) is 5.78 Å². The number of rotatable bonds is 7. The summed E-state index contributed by atoms with van der Waals surface area (Å²) in [7, 11) is 0. The molecule has 5 aromatic rings. The first-order valence-corrected chi connectivity index (χ1v) is 12.7. The van der Waals surface area contributed by atoms with Gasteiger partial charge in [-0.05, 0) is 47.6 Å². The summed E-state index contributed by atoms with van der Waals surface area (Å²) in [6, 6.07) is 23.1. The molecule has 3 aromatic carbocycles. The van der Waals surface area contributed by atoms with Crippen LogP contribution >= 0.6 is 0 Å². The number of carbonyl (C=O) groups excluding carboxylic acids is 2. The Labute approximate surface area is 220 Å². The summed E-state index contributed by atoms with van der Waals surface area (Å²) in [6.45, 7) is 0.526. The SMILES string of the molecule is O=C1CCCc2c1ccc(O[C@H](Cn1ccnc1)c1ccccc1)c2NC(=O)c1nccc2ccccc12. The smallest absolute Gasteiger partial charge is 0.275 e. The first kappa shape index (κ1) is 23.6. The number of nitrogens with zero attached hydrogens (tertiary/aromatic N) is 3. The highest BCUT2D eigenvalue weighted by Crippen LogP contribution is 2.38. The number of ketones is 1. The minimum Gasteiger partial charge on any atom is -0.482 e. The second-order valence-electron chi connectivity index (χ2n) is 9.35. The van der Waals surface area contributed by atoms with Crippen LogP contribution in [0, 0.1) is 0 Å². The maximum atomic E-state index is 13.6. The standard InChI is InChI=1S/C31H26N4O3/c36-26-12-6-11-25-24(26)13-14-27(38-28(19-35-18-17-32-20-35)22-8-2-1-3-9-22)29(25)34-31(37)30-23-10-5-4-7-21(23)15-16-33-30/h1-5,7-10,13-18,20,28H,6,11-12,19H2,(H,34,37)/t28-/m1/s1. The van der Waals surface area contributed by atoms with Gasteiger partial charge in [0.05, 0.1) is 18.6 Å². The number of nitrogens with one attached hydrogen (secondary N) is 1. The topological polar surface area (TPSA) is 86.1 Å². The van der Waals surface area contributed by atoms with Crippen molar-refractivity contribution in [3.63, 3.8) is 0 Å². The normalized spacial score (nSPS) is 13.6. The molecule has 0 saturated heterocycles. The van der Waals surface area contributed by atoms with Crippen LogP contribution in [0.4, 0.5) is 5.69 Å². The summed E-state index contributed by atoms with van der Waals surface area (Å²) in [5, 5.41) is 4.78. The Hall–Kier alpha value is -4.78. The predicted octanol–water partition coefficient (Wildman–Crippen LogP) is 6.02. The van der Waals surface area contributed by atoms with Gasteiger partial charge in [-0.15, -0.1) is 0 Å². The van der Waals surface area contributed by atoms with Crippen LogP contribution < -0.4 is 10.1 Å². The maximum absolute atomic E-state index is 13.6. The second-order valence-corrected chi connectivity index (χ2v) is 9.35. The molecule has 1 aliphatic carbocycles. The Balaban J connectivity index is 1.41. The molecule has 38 heavy (non-hydrogen) atoms. The van der Waals surface area contributed by atoms with E-state index in [4.69, 9.17) is 4.74 Å². The Bertz CT molecular complexity index is 1610. The molecule has 0 spiro atoms. The highest BCUT2D eigenvalue weighted by molar-refractivity contribution is 6.13. The molecular formula is C31H26N4O3. The van der Waals surface area contributed by atoms with Crippen LogP contribution in [-0.4, -0.2) is 26.2 Å². The van der Waals surface area contributed by atoms with Crippen molar-refractivity contribution in [2.24, 2.45) is 0 Å². The lowest BCUT2D eigenvalue weighted by Crippen LogP contribution is -2.21. The summed E-state index contributed by atoms with van der Waals surface area (Å²) < 4.78 is 8.59. The Morgan fingerprint density at radius 3 is 2.66 bits per heavy atom. The highest BCUT2D eigenvalue weighted by Gasteiger charge is 2.26. The molecule has 1 atom stereocenters. The average Bonchev–Trinajstić information content (AvgIpc) is 3.47. The van der Waals surface area contributed by atoms with E-state index in [1.54, 1.807) is 24.8 Å². The van der Waals surface area contributed by atoms with E-state index in [2.05, 4.69) is 15.3 Å². The number of pyridine rings is 1. The van der Waals surface area contributed by atoms with Crippen LogP contribution in [0.3, 0.4) is 0 Å². The van der Waals surface area contributed by atoms with E-state index < -0.39 is 0 Å². The molecule has 0 radical (unpaired) electrons. The summed E-state index contributed by atoms with van der Waals surface area (Å²) in [5.41, 5.74) is 3.29. The molecule has 7 nitrogen and oxygen atoms in total. The number of carbonyl (C=O) groups is 2. The largest absolute Gasteiger partial charge is 0.482 e. The van der Waals surface area contributed by atoms with Gasteiger partial charge in [0.25, 0.3) is 5.91 Å². The first-order valence-electron chi connectivity index (χ1n) is 12.7. The van der Waals surface area contributed by atoms with Crippen LogP contribution in [0.15, 0.2) is 97.7 Å². The average molecular weight is 503 g/mol. The monoisotopic (exact) mass is 502 g/mol. The number of Topliss-reactive ketones (excluding diaryl/α,β-unsaturated/α-hetero) is 1. The van der Waals surface area contributed by atoms with Crippen molar-refractivity contribution in [3.8, 4) is 5.75 Å². The van der Waals surface area contributed by atoms with Gasteiger partial charge in [-0.1, -0.05) is 54.6 Å². The van der Waals surface area contributed by atoms with E-state index in [1.165, 1.54) is 0 Å². The Morgan fingerprint density at radius 2 is 1.82 bits per heavy atom. The second kappa shape index (κ2) is 10.3. The van der Waals surface area contributed by atoms with E-state index in [9.17, 15) is 9.59 Å². The van der Waals surface area contributed by atoms with Crippen LogP contribution in [0.1, 0.15) is 50.9 Å². The van der Waals surface area contributed by atoms with E-state index >= 15 is 0 Å². The van der Waals surface area contributed by atoms with Gasteiger partial charge in [-0.2, -0.15) is 0 Å². The number of amides is 1.